The molecule has 0 atom stereocenters. The van der Waals surface area contributed by atoms with Gasteiger partial charge in [0.15, 0.2) is 10.9 Å². The van der Waals surface area contributed by atoms with Crippen LogP contribution in [-0.4, -0.2) is 29.3 Å². The molecule has 27 heavy (non-hydrogen) atoms. The standard InChI is InChI=1S/C16H17N4O6S/c1-3-7-17-14(22)10-5-4-6-11(13(10)26-9(2)21)15(23)19-16-18-8-12(27-16)20(24)25/h4-6,8,20H,3,7H2,1-2H3,(H,17,22)(H,18,19,23)/q-1. The lowest BCUT2D eigenvalue weighted by Crippen LogP contribution is -2.95. The van der Waals surface area contributed by atoms with E-state index in [4.69, 9.17) is 4.74 Å². The summed E-state index contributed by atoms with van der Waals surface area (Å²) in [5.74, 6) is -2.09. The molecule has 0 aliphatic heterocycles. The number of quaternary nitrogens is 1. The van der Waals surface area contributed by atoms with Crippen molar-refractivity contribution in [3.63, 3.8) is 0 Å². The molecule has 10 nitrogen and oxygen atoms in total. The van der Waals surface area contributed by atoms with E-state index in [9.17, 15) is 24.8 Å². The lowest BCUT2D eigenvalue weighted by atomic mass is 10.1. The van der Waals surface area contributed by atoms with Crippen molar-refractivity contribution in [3.05, 3.63) is 45.9 Å². The van der Waals surface area contributed by atoms with Crippen molar-refractivity contribution in [2.24, 2.45) is 0 Å². The normalized spacial score (nSPS) is 10.6. The third-order valence-electron chi connectivity index (χ3n) is 3.21. The van der Waals surface area contributed by atoms with Gasteiger partial charge < -0.3 is 25.7 Å². The fourth-order valence-corrected chi connectivity index (χ4v) is 2.72. The summed E-state index contributed by atoms with van der Waals surface area (Å²) in [6.45, 7) is 3.45. The number of carbonyl (C=O) groups is 3. The molecule has 11 heteroatoms. The minimum absolute atomic E-state index is 0.0220. The summed E-state index contributed by atoms with van der Waals surface area (Å²) in [6, 6.07) is 4.27. The highest BCUT2D eigenvalue weighted by atomic mass is 32.1. The van der Waals surface area contributed by atoms with Crippen LogP contribution < -0.4 is 20.6 Å². The van der Waals surface area contributed by atoms with Crippen molar-refractivity contribution in [1.29, 1.82) is 0 Å². The lowest BCUT2D eigenvalue weighted by Gasteiger charge is -2.21. The minimum Gasteiger partial charge on any atom is -0.627 e. The number of anilines is 1. The molecule has 144 valence electrons. The molecular weight excluding hydrogens is 376 g/mol. The highest BCUT2D eigenvalue weighted by Gasteiger charge is 2.22. The van der Waals surface area contributed by atoms with Gasteiger partial charge >= 0.3 is 5.97 Å². The second kappa shape index (κ2) is 9.19. The van der Waals surface area contributed by atoms with E-state index in [0.717, 1.165) is 13.1 Å². The van der Waals surface area contributed by atoms with Crippen molar-refractivity contribution in [2.45, 2.75) is 20.3 Å². The SMILES string of the molecule is CCCNC(=O)c1cccc(C(=O)Nc2ncc([NH+]([O-])[O-])s2)c1OC(C)=O. The maximum Gasteiger partial charge on any atom is 0.308 e. The number of hydrogen-bond acceptors (Lipinski definition) is 8. The molecule has 0 aliphatic carbocycles. The molecule has 0 radical (unpaired) electrons. The number of nitrogens with one attached hydrogen (secondary N) is 3. The predicted octanol–water partition coefficient (Wildman–Crippen LogP) is 0.973. The number of esters is 1. The molecular formula is C16H17N4O6S-. The quantitative estimate of drug-likeness (QED) is 0.361. The molecule has 0 fully saturated rings. The van der Waals surface area contributed by atoms with Gasteiger partial charge in [0.05, 0.1) is 11.1 Å². The molecule has 0 saturated carbocycles. The van der Waals surface area contributed by atoms with E-state index in [-0.39, 0.29) is 27.0 Å². The van der Waals surface area contributed by atoms with E-state index in [0.29, 0.717) is 24.3 Å². The Hall–Kier alpha value is -2.86. The van der Waals surface area contributed by atoms with Gasteiger partial charge in [-0.1, -0.05) is 13.0 Å². The van der Waals surface area contributed by atoms with Gasteiger partial charge in [-0.15, -0.1) is 0 Å². The molecule has 2 aromatic rings. The lowest BCUT2D eigenvalue weighted by molar-refractivity contribution is -0.712. The van der Waals surface area contributed by atoms with Crippen LogP contribution in [0.4, 0.5) is 10.1 Å². The van der Waals surface area contributed by atoms with Crippen LogP contribution in [0.1, 0.15) is 41.0 Å². The van der Waals surface area contributed by atoms with Gasteiger partial charge in [-0.25, -0.2) is 4.98 Å². The Kier molecular flexibility index (Phi) is 6.96. The highest BCUT2D eigenvalue weighted by molar-refractivity contribution is 7.18. The summed E-state index contributed by atoms with van der Waals surface area (Å²) in [6.07, 6.45) is 1.76. The highest BCUT2D eigenvalue weighted by Crippen LogP contribution is 2.27. The number of hydrogen-bond donors (Lipinski definition) is 3. The first-order valence-electron chi connectivity index (χ1n) is 7.91. The fraction of sp³-hybridized carbons (Fsp3) is 0.250. The van der Waals surface area contributed by atoms with Crippen LogP contribution in [0.25, 0.3) is 0 Å². The number of thiazole rings is 1. The van der Waals surface area contributed by atoms with Crippen molar-refractivity contribution in [2.75, 3.05) is 11.9 Å². The summed E-state index contributed by atoms with van der Waals surface area (Å²) < 4.78 is 5.10. The number of aromatic nitrogens is 1. The Morgan fingerprint density at radius 1 is 1.22 bits per heavy atom. The van der Waals surface area contributed by atoms with Gasteiger partial charge in [0, 0.05) is 13.5 Å². The van der Waals surface area contributed by atoms with Crippen LogP contribution in [0.5, 0.6) is 5.75 Å². The second-order valence-electron chi connectivity index (χ2n) is 5.30. The van der Waals surface area contributed by atoms with Crippen molar-refractivity contribution in [1.82, 2.24) is 10.3 Å². The molecule has 2 rings (SSSR count). The molecule has 1 aromatic heterocycles. The summed E-state index contributed by atoms with van der Waals surface area (Å²) >= 11 is 0.713. The molecule has 2 amide bonds. The number of amides is 2. The second-order valence-corrected chi connectivity index (χ2v) is 6.33. The maximum absolute atomic E-state index is 12.6. The maximum atomic E-state index is 12.6. The van der Waals surface area contributed by atoms with Crippen LogP contribution in [0.15, 0.2) is 24.4 Å². The topological polar surface area (TPSA) is 148 Å². The van der Waals surface area contributed by atoms with Crippen molar-refractivity contribution in [3.8, 4) is 5.75 Å². The fourth-order valence-electron chi connectivity index (χ4n) is 2.07. The monoisotopic (exact) mass is 393 g/mol. The van der Waals surface area contributed by atoms with Gasteiger partial charge in [0.2, 0.25) is 5.00 Å². The van der Waals surface area contributed by atoms with E-state index in [2.05, 4.69) is 15.6 Å². The molecule has 1 heterocycles. The largest absolute Gasteiger partial charge is 0.627 e. The van der Waals surface area contributed by atoms with Gasteiger partial charge in [-0.3, -0.25) is 19.7 Å². The summed E-state index contributed by atoms with van der Waals surface area (Å²) in [4.78, 5) is 40.1. The number of carbonyl (C=O) groups excluding carboxylic acids is 3. The summed E-state index contributed by atoms with van der Waals surface area (Å²) in [5, 5.41) is 25.1. The average molecular weight is 393 g/mol. The zero-order chi connectivity index (χ0) is 20.0. The van der Waals surface area contributed by atoms with E-state index >= 15 is 0 Å². The summed E-state index contributed by atoms with van der Waals surface area (Å²) in [7, 11) is 0. The molecule has 0 bridgehead atoms. The first-order chi connectivity index (χ1) is 12.8. The average Bonchev–Trinajstić information content (AvgIpc) is 3.08. The molecule has 0 spiro atoms. The van der Waals surface area contributed by atoms with E-state index in [1.807, 2.05) is 6.92 Å². The molecule has 3 N–H and O–H groups in total. The number of benzene rings is 1. The van der Waals surface area contributed by atoms with Crippen LogP contribution in [-0.2, 0) is 4.79 Å². The predicted molar refractivity (Wildman–Crippen MR) is 97.8 cm³/mol. The van der Waals surface area contributed by atoms with Crippen LogP contribution >= 0.6 is 11.3 Å². The zero-order valence-electron chi connectivity index (χ0n) is 14.5. The Balaban J connectivity index is 2.34. The Labute approximate surface area is 158 Å². The molecule has 1 aromatic carbocycles. The smallest absolute Gasteiger partial charge is 0.308 e. The number of rotatable bonds is 7. The number of para-hydroxylation sites is 1. The van der Waals surface area contributed by atoms with Gasteiger partial charge in [0.1, 0.15) is 6.20 Å². The zero-order valence-corrected chi connectivity index (χ0v) is 15.3. The molecule has 0 aliphatic rings. The van der Waals surface area contributed by atoms with Gasteiger partial charge in [-0.05, 0) is 29.9 Å². The Bertz CT molecular complexity index is 851. The van der Waals surface area contributed by atoms with E-state index in [1.54, 1.807) is 0 Å². The molecule has 0 unspecified atom stereocenters. The van der Waals surface area contributed by atoms with Gasteiger partial charge in [0.25, 0.3) is 11.8 Å². The van der Waals surface area contributed by atoms with E-state index in [1.165, 1.54) is 18.2 Å². The van der Waals surface area contributed by atoms with Crippen molar-refractivity contribution >= 4 is 39.3 Å². The van der Waals surface area contributed by atoms with E-state index < -0.39 is 23.0 Å². The Morgan fingerprint density at radius 2 is 1.89 bits per heavy atom. The first-order valence-corrected chi connectivity index (χ1v) is 8.73. The van der Waals surface area contributed by atoms with Crippen LogP contribution in [0, 0.1) is 10.4 Å². The summed E-state index contributed by atoms with van der Waals surface area (Å²) in [5.41, 5.74) is -0.0413. The number of nitrogens with zero attached hydrogens (tertiary/aromatic N) is 1. The molecule has 0 saturated heterocycles. The third kappa shape index (κ3) is 5.31. The van der Waals surface area contributed by atoms with Gasteiger partial charge in [-0.2, -0.15) is 0 Å². The van der Waals surface area contributed by atoms with Crippen LogP contribution in [0.3, 0.4) is 0 Å². The van der Waals surface area contributed by atoms with Crippen molar-refractivity contribution < 1.29 is 24.3 Å². The van der Waals surface area contributed by atoms with Crippen LogP contribution in [0.2, 0.25) is 0 Å². The number of ether oxygens (including phenoxy) is 1. The Morgan fingerprint density at radius 3 is 2.44 bits per heavy atom. The minimum atomic E-state index is -1.41. The first kappa shape index (κ1) is 20.5. The third-order valence-corrected chi connectivity index (χ3v) is 4.11.